The van der Waals surface area contributed by atoms with Crippen molar-refractivity contribution in [1.82, 2.24) is 4.98 Å². The molecule has 2 rings (SSSR count). The zero-order chi connectivity index (χ0) is 15.6. The van der Waals surface area contributed by atoms with Crippen LogP contribution in [0.4, 0.5) is 11.4 Å². The molecular formula is C11H5BrClN3O5. The molecule has 0 spiro atoms. The van der Waals surface area contributed by atoms with Gasteiger partial charge < -0.3 is 4.74 Å². The first kappa shape index (κ1) is 15.1. The van der Waals surface area contributed by atoms with Crippen LogP contribution in [0.15, 0.2) is 34.9 Å². The van der Waals surface area contributed by atoms with Crippen LogP contribution < -0.4 is 4.74 Å². The first-order valence-electron chi connectivity index (χ1n) is 5.30. The van der Waals surface area contributed by atoms with Gasteiger partial charge in [0.25, 0.3) is 5.88 Å². The first-order valence-corrected chi connectivity index (χ1v) is 6.47. The highest BCUT2D eigenvalue weighted by Gasteiger charge is 2.23. The fourth-order valence-electron chi connectivity index (χ4n) is 1.45. The summed E-state index contributed by atoms with van der Waals surface area (Å²) in [6, 6.07) is 4.82. The molecule has 108 valence electrons. The van der Waals surface area contributed by atoms with E-state index in [1.54, 1.807) is 0 Å². The number of hydrogen-bond acceptors (Lipinski definition) is 6. The highest BCUT2D eigenvalue weighted by atomic mass is 79.9. The Hall–Kier alpha value is -2.26. The summed E-state index contributed by atoms with van der Waals surface area (Å²) in [7, 11) is 0. The molecule has 1 aromatic carbocycles. The number of rotatable bonds is 4. The standard InChI is InChI=1S/C11H5BrClN3O5/c12-6-3-9(16(19)20)11(14-5-6)21-10-4-7(13)1-2-8(10)15(17)18/h1-5H. The molecular weight excluding hydrogens is 369 g/mol. The third-order valence-corrected chi connectivity index (χ3v) is 2.99. The van der Waals surface area contributed by atoms with Gasteiger partial charge in [-0.05, 0) is 22.0 Å². The fourth-order valence-corrected chi connectivity index (χ4v) is 1.93. The molecule has 0 saturated carbocycles. The molecule has 0 N–H and O–H groups in total. The van der Waals surface area contributed by atoms with E-state index < -0.39 is 15.5 Å². The molecule has 1 aromatic heterocycles. The molecule has 0 bridgehead atoms. The molecule has 10 heteroatoms. The second-order valence-electron chi connectivity index (χ2n) is 3.71. The molecule has 0 saturated heterocycles. The Balaban J connectivity index is 2.50. The number of ether oxygens (including phenoxy) is 1. The number of nitro benzene ring substituents is 1. The normalized spacial score (nSPS) is 10.2. The summed E-state index contributed by atoms with van der Waals surface area (Å²) in [5.41, 5.74) is -0.808. The van der Waals surface area contributed by atoms with Gasteiger partial charge in [0.05, 0.1) is 9.85 Å². The molecule has 8 nitrogen and oxygen atoms in total. The van der Waals surface area contributed by atoms with Gasteiger partial charge >= 0.3 is 11.4 Å². The summed E-state index contributed by atoms with van der Waals surface area (Å²) < 4.78 is 5.58. The summed E-state index contributed by atoms with van der Waals surface area (Å²) in [6.45, 7) is 0. The van der Waals surface area contributed by atoms with Gasteiger partial charge in [-0.3, -0.25) is 20.2 Å². The van der Waals surface area contributed by atoms with Gasteiger partial charge in [0, 0.05) is 33.9 Å². The molecule has 0 amide bonds. The lowest BCUT2D eigenvalue weighted by molar-refractivity contribution is -0.387. The maximum Gasteiger partial charge on any atom is 0.332 e. The molecule has 0 fully saturated rings. The highest BCUT2D eigenvalue weighted by molar-refractivity contribution is 9.10. The lowest BCUT2D eigenvalue weighted by atomic mass is 10.3. The molecule has 0 atom stereocenters. The summed E-state index contributed by atoms with van der Waals surface area (Å²) in [5.74, 6) is -0.598. The van der Waals surface area contributed by atoms with Gasteiger partial charge in [-0.15, -0.1) is 0 Å². The third-order valence-electron chi connectivity index (χ3n) is 2.32. The maximum atomic E-state index is 11.0. The number of aromatic nitrogens is 1. The van der Waals surface area contributed by atoms with Crippen molar-refractivity contribution in [2.45, 2.75) is 0 Å². The highest BCUT2D eigenvalue weighted by Crippen LogP contribution is 2.37. The number of nitrogens with zero attached hydrogens (tertiary/aromatic N) is 3. The van der Waals surface area contributed by atoms with Crippen molar-refractivity contribution >= 4 is 38.9 Å². The largest absolute Gasteiger partial charge is 0.426 e. The van der Waals surface area contributed by atoms with E-state index in [2.05, 4.69) is 20.9 Å². The van der Waals surface area contributed by atoms with Crippen molar-refractivity contribution in [3.8, 4) is 11.6 Å². The molecule has 2 aromatic rings. The summed E-state index contributed by atoms with van der Waals surface area (Å²) in [4.78, 5) is 24.2. The predicted octanol–water partition coefficient (Wildman–Crippen LogP) is 4.11. The molecule has 1 heterocycles. The summed E-state index contributed by atoms with van der Waals surface area (Å²) >= 11 is 8.80. The van der Waals surface area contributed by atoms with E-state index in [4.69, 9.17) is 16.3 Å². The van der Waals surface area contributed by atoms with Crippen molar-refractivity contribution in [2.75, 3.05) is 0 Å². The van der Waals surface area contributed by atoms with Crippen LogP contribution in [0.1, 0.15) is 0 Å². The Labute approximate surface area is 130 Å². The predicted molar refractivity (Wildman–Crippen MR) is 76.8 cm³/mol. The average Bonchev–Trinajstić information content (AvgIpc) is 2.40. The van der Waals surface area contributed by atoms with Crippen LogP contribution in [0.3, 0.4) is 0 Å². The van der Waals surface area contributed by atoms with Crippen LogP contribution in [0.5, 0.6) is 11.6 Å². The minimum atomic E-state index is -0.705. The second kappa shape index (κ2) is 6.02. The first-order chi connectivity index (χ1) is 9.88. The molecule has 0 aliphatic carbocycles. The van der Waals surface area contributed by atoms with Crippen molar-refractivity contribution < 1.29 is 14.6 Å². The third kappa shape index (κ3) is 3.44. The van der Waals surface area contributed by atoms with Crippen LogP contribution >= 0.6 is 27.5 Å². The fraction of sp³-hybridized carbons (Fsp3) is 0. The van der Waals surface area contributed by atoms with E-state index in [0.29, 0.717) is 4.47 Å². The zero-order valence-corrected chi connectivity index (χ0v) is 12.4. The second-order valence-corrected chi connectivity index (χ2v) is 5.06. The smallest absolute Gasteiger partial charge is 0.332 e. The van der Waals surface area contributed by atoms with Crippen molar-refractivity contribution in [3.05, 3.63) is 60.2 Å². The van der Waals surface area contributed by atoms with Crippen LogP contribution in [0, 0.1) is 20.2 Å². The Kier molecular flexibility index (Phi) is 4.34. The SMILES string of the molecule is O=[N+]([O-])c1ccc(Cl)cc1Oc1ncc(Br)cc1[N+](=O)[O-]. The minimum Gasteiger partial charge on any atom is -0.426 e. The Morgan fingerprint density at radius 1 is 1.14 bits per heavy atom. The Bertz CT molecular complexity index is 740. The average molecular weight is 375 g/mol. The molecule has 21 heavy (non-hydrogen) atoms. The van der Waals surface area contributed by atoms with Crippen LogP contribution in [0.25, 0.3) is 0 Å². The monoisotopic (exact) mass is 373 g/mol. The van der Waals surface area contributed by atoms with Crippen LogP contribution in [-0.2, 0) is 0 Å². The topological polar surface area (TPSA) is 108 Å². The zero-order valence-electron chi connectivity index (χ0n) is 10.0. The number of pyridine rings is 1. The lowest BCUT2D eigenvalue weighted by Crippen LogP contribution is -1.98. The molecule has 0 unspecified atom stereocenters. The van der Waals surface area contributed by atoms with E-state index in [9.17, 15) is 20.2 Å². The Morgan fingerprint density at radius 2 is 1.81 bits per heavy atom. The van der Waals surface area contributed by atoms with Gasteiger partial charge in [0.15, 0.2) is 0 Å². The number of nitro groups is 2. The van der Waals surface area contributed by atoms with E-state index in [1.165, 1.54) is 24.4 Å². The van der Waals surface area contributed by atoms with Crippen molar-refractivity contribution in [2.24, 2.45) is 0 Å². The number of benzene rings is 1. The quantitative estimate of drug-likeness (QED) is 0.588. The van der Waals surface area contributed by atoms with Crippen molar-refractivity contribution in [1.29, 1.82) is 0 Å². The number of hydrogen-bond donors (Lipinski definition) is 0. The number of halogens is 2. The molecule has 0 aliphatic rings. The van der Waals surface area contributed by atoms with Crippen LogP contribution in [0.2, 0.25) is 5.02 Å². The maximum absolute atomic E-state index is 11.0. The Morgan fingerprint density at radius 3 is 2.43 bits per heavy atom. The van der Waals surface area contributed by atoms with Crippen molar-refractivity contribution in [3.63, 3.8) is 0 Å². The van der Waals surface area contributed by atoms with Gasteiger partial charge in [0.2, 0.25) is 5.75 Å². The minimum absolute atomic E-state index is 0.190. The van der Waals surface area contributed by atoms with E-state index in [1.807, 2.05) is 0 Å². The van der Waals surface area contributed by atoms with Gasteiger partial charge in [0.1, 0.15) is 0 Å². The van der Waals surface area contributed by atoms with Gasteiger partial charge in [-0.1, -0.05) is 11.6 Å². The van der Waals surface area contributed by atoms with E-state index >= 15 is 0 Å². The van der Waals surface area contributed by atoms with Gasteiger partial charge in [-0.25, -0.2) is 4.98 Å². The van der Waals surface area contributed by atoms with Gasteiger partial charge in [-0.2, -0.15) is 0 Å². The molecule has 0 aliphatic heterocycles. The summed E-state index contributed by atoms with van der Waals surface area (Å²) in [6.07, 6.45) is 1.28. The van der Waals surface area contributed by atoms with Crippen LogP contribution in [-0.4, -0.2) is 14.8 Å². The summed E-state index contributed by atoms with van der Waals surface area (Å²) in [5, 5.41) is 22.1. The van der Waals surface area contributed by atoms with E-state index in [-0.39, 0.29) is 22.3 Å². The van der Waals surface area contributed by atoms with E-state index in [0.717, 1.165) is 6.07 Å². The lowest BCUT2D eigenvalue weighted by Gasteiger charge is -2.06. The molecule has 0 radical (unpaired) electrons.